The highest BCUT2D eigenvalue weighted by Gasteiger charge is 2.56. The number of fused-ring (bicyclic) bond motifs is 4. The minimum atomic E-state index is -0.826. The second kappa shape index (κ2) is 23.6. The molecule has 15 heteroatoms. The van der Waals surface area contributed by atoms with E-state index in [0.717, 1.165) is 175 Å². The van der Waals surface area contributed by atoms with Gasteiger partial charge in [0.25, 0.3) is 0 Å². The van der Waals surface area contributed by atoms with Gasteiger partial charge in [0.05, 0.1) is 41.8 Å². The van der Waals surface area contributed by atoms with Crippen molar-refractivity contribution in [1.82, 2.24) is 40.2 Å². The number of methoxy groups -OCH3 is 1. The van der Waals surface area contributed by atoms with Crippen LogP contribution < -0.4 is 5.32 Å². The second-order valence-corrected chi connectivity index (χ2v) is 25.7. The first-order valence-electron chi connectivity index (χ1n) is 30.0. The number of aliphatic carboxylic acids is 2. The summed E-state index contributed by atoms with van der Waals surface area (Å²) in [5, 5.41) is 39.9. The number of amides is 1. The summed E-state index contributed by atoms with van der Waals surface area (Å²) in [5.41, 5.74) is 14.7. The van der Waals surface area contributed by atoms with E-state index in [2.05, 4.69) is 93.2 Å². The third-order valence-electron chi connectivity index (χ3n) is 20.7. The Hall–Kier alpha value is -6.48. The van der Waals surface area contributed by atoms with Gasteiger partial charge in [0.15, 0.2) is 0 Å². The summed E-state index contributed by atoms with van der Waals surface area (Å²) in [6, 6.07) is 21.3. The zero-order valence-electron chi connectivity index (χ0n) is 47.5. The van der Waals surface area contributed by atoms with Gasteiger partial charge in [-0.1, -0.05) is 73.8 Å². The van der Waals surface area contributed by atoms with Crippen LogP contribution in [-0.2, 0) is 62.9 Å². The molecule has 1 amide bonds. The topological polar surface area (TPSA) is 195 Å². The molecule has 2 unspecified atom stereocenters. The molecule has 2 atom stereocenters. The van der Waals surface area contributed by atoms with Crippen LogP contribution in [0.2, 0.25) is 0 Å². The predicted octanol–water partition coefficient (Wildman–Crippen LogP) is 12.1. The number of hydrogen-bond acceptors (Lipinski definition) is 10. The van der Waals surface area contributed by atoms with Crippen LogP contribution in [0.4, 0.5) is 0 Å². The van der Waals surface area contributed by atoms with Gasteiger partial charge >= 0.3 is 17.9 Å². The van der Waals surface area contributed by atoms with Gasteiger partial charge in [-0.15, -0.1) is 10.2 Å². The van der Waals surface area contributed by atoms with Crippen LogP contribution in [0.25, 0.3) is 22.1 Å². The zero-order chi connectivity index (χ0) is 55.6. The maximum atomic E-state index is 14.1. The van der Waals surface area contributed by atoms with Gasteiger partial charge < -0.3 is 25.2 Å². The average Bonchev–Trinajstić information content (AvgIpc) is 2.44. The van der Waals surface area contributed by atoms with Crippen molar-refractivity contribution < 1.29 is 34.1 Å². The highest BCUT2D eigenvalue weighted by atomic mass is 16.5. The molecule has 8 fully saturated rings. The average molecular weight is 1120 g/mol. The Kier molecular flexibility index (Phi) is 16.9. The number of carboxylic acid groups (broad SMARTS) is 2. The Morgan fingerprint density at radius 3 is 1.55 bits per heavy atom. The number of aryl methyl sites for hydroxylation is 4. The van der Waals surface area contributed by atoms with Gasteiger partial charge in [-0.25, -0.2) is 9.36 Å². The molecule has 438 valence electrons. The SMILES string of the molecule is C.C.CCn1nnc2c(C)c(C(CC(=O)O)c3ccc4c(c3)CN(C(=O)C35CC6CC(CC(C6)C3)C5)CC4)ccc21.CCn1nnc2c(C)c(C(CC(=O)OC)c3ccc4c(c3)CNCC4)ccc21.O=C(O)C12CC3CC(CC(C3)C1)C2. The number of ether oxygens (including phenoxy) is 1. The molecule has 0 saturated heterocycles. The summed E-state index contributed by atoms with van der Waals surface area (Å²) in [5.74, 6) is 2.99. The number of nitrogens with zero attached hydrogens (tertiary/aromatic N) is 7. The summed E-state index contributed by atoms with van der Waals surface area (Å²) in [6.45, 7) is 13.0. The smallest absolute Gasteiger partial charge is 0.309 e. The fourth-order valence-corrected chi connectivity index (χ4v) is 17.6. The molecule has 8 bridgehead atoms. The molecule has 16 rings (SSSR count). The van der Waals surface area contributed by atoms with E-state index in [0.29, 0.717) is 18.9 Å². The number of carboxylic acids is 2. The maximum Gasteiger partial charge on any atom is 0.309 e. The van der Waals surface area contributed by atoms with E-state index in [-0.39, 0.29) is 49.9 Å². The lowest BCUT2D eigenvalue weighted by atomic mass is 9.49. The lowest BCUT2D eigenvalue weighted by Gasteiger charge is -2.56. The summed E-state index contributed by atoms with van der Waals surface area (Å²) < 4.78 is 8.76. The van der Waals surface area contributed by atoms with Crippen LogP contribution in [-0.4, -0.2) is 89.1 Å². The summed E-state index contributed by atoms with van der Waals surface area (Å²) in [7, 11) is 1.44. The lowest BCUT2D eigenvalue weighted by molar-refractivity contribution is -0.164. The molecule has 82 heavy (non-hydrogen) atoms. The molecule has 0 spiro atoms. The number of carbonyl (C=O) groups excluding carboxylic acids is 2. The van der Waals surface area contributed by atoms with Gasteiger partial charge in [-0.3, -0.25) is 19.2 Å². The van der Waals surface area contributed by atoms with Crippen molar-refractivity contribution in [2.45, 2.75) is 183 Å². The van der Waals surface area contributed by atoms with Crippen LogP contribution in [0.15, 0.2) is 60.7 Å². The van der Waals surface area contributed by atoms with Crippen molar-refractivity contribution in [2.24, 2.45) is 46.3 Å². The standard InChI is InChI=1S/C32H38N4O3.C22H26N4O2.C11H16O2.2CH4/c1-3-36-28-7-6-26(19(2)30(28)33-34-36)27(14-29(37)38)24-5-4-23-8-9-35(18-25(23)13-24)31(39)32-15-20-10-21(16-32)12-22(11-20)17-32;1-4-26-20-8-7-18(14(2)22(20)24-25-26)19(12-21(27)28-3)16-6-5-15-9-10-23-13-17(15)11-16;12-10(13)11-4-7-1-8(5-11)3-9(2-7)6-11;;/h4-7,13,20-22,27H,3,8-12,14-18H2,1-2H3,(H,37,38);5-8,11,19,23H,4,9-10,12-13H2,1-3H3;7-9H,1-6H2,(H,12,13);2*1H4. The number of aromatic nitrogens is 6. The van der Waals surface area contributed by atoms with Crippen molar-refractivity contribution >= 4 is 45.9 Å². The predicted molar refractivity (Wildman–Crippen MR) is 318 cm³/mol. The third kappa shape index (κ3) is 11.0. The number of carbonyl (C=O) groups is 4. The fraction of sp³-hybridized carbons (Fsp3) is 0.582. The molecular formula is C67H88N8O7. The van der Waals surface area contributed by atoms with Crippen molar-refractivity contribution in [2.75, 3.05) is 20.2 Å². The molecule has 8 aliphatic carbocycles. The van der Waals surface area contributed by atoms with E-state index in [9.17, 15) is 29.4 Å². The molecular weight excluding hydrogens is 1030 g/mol. The molecule has 0 radical (unpaired) electrons. The van der Waals surface area contributed by atoms with E-state index >= 15 is 0 Å². The van der Waals surface area contributed by atoms with E-state index in [4.69, 9.17) is 4.74 Å². The van der Waals surface area contributed by atoms with E-state index in [1.807, 2.05) is 35.3 Å². The van der Waals surface area contributed by atoms with E-state index in [1.54, 1.807) is 0 Å². The highest BCUT2D eigenvalue weighted by molar-refractivity contribution is 5.84. The number of rotatable bonds is 12. The molecule has 8 saturated carbocycles. The number of benzene rings is 4. The molecule has 2 aromatic heterocycles. The Morgan fingerprint density at radius 1 is 0.622 bits per heavy atom. The fourth-order valence-electron chi connectivity index (χ4n) is 17.6. The zero-order valence-corrected chi connectivity index (χ0v) is 47.5. The van der Waals surface area contributed by atoms with Gasteiger partial charge in [-0.05, 0) is 227 Å². The van der Waals surface area contributed by atoms with Crippen molar-refractivity contribution in [3.8, 4) is 0 Å². The first-order valence-corrected chi connectivity index (χ1v) is 30.0. The largest absolute Gasteiger partial charge is 0.481 e. The van der Waals surface area contributed by atoms with Crippen LogP contribution in [0.1, 0.15) is 186 Å². The molecule has 10 aliphatic rings. The molecule has 6 aromatic rings. The van der Waals surface area contributed by atoms with Crippen LogP contribution >= 0.6 is 0 Å². The minimum Gasteiger partial charge on any atom is -0.481 e. The van der Waals surface area contributed by atoms with E-state index < -0.39 is 11.9 Å². The van der Waals surface area contributed by atoms with Gasteiger partial charge in [0.2, 0.25) is 5.91 Å². The molecule has 15 nitrogen and oxygen atoms in total. The first-order chi connectivity index (χ1) is 38.6. The molecule has 4 heterocycles. The normalized spacial score (nSPS) is 26.7. The van der Waals surface area contributed by atoms with Gasteiger partial charge in [-0.2, -0.15) is 0 Å². The highest BCUT2D eigenvalue weighted by Crippen LogP contribution is 2.62. The number of esters is 1. The molecule has 3 N–H and O–H groups in total. The lowest BCUT2D eigenvalue weighted by Crippen LogP contribution is -2.55. The molecule has 2 aliphatic heterocycles. The first kappa shape index (κ1) is 58.7. The Morgan fingerprint density at radius 2 is 1.09 bits per heavy atom. The van der Waals surface area contributed by atoms with Gasteiger partial charge in [0.1, 0.15) is 11.0 Å². The maximum absolute atomic E-state index is 14.1. The van der Waals surface area contributed by atoms with Crippen LogP contribution in [0.5, 0.6) is 0 Å². The summed E-state index contributed by atoms with van der Waals surface area (Å²) >= 11 is 0. The van der Waals surface area contributed by atoms with E-state index in [1.165, 1.54) is 67.9 Å². The molecule has 4 aromatic carbocycles. The van der Waals surface area contributed by atoms with Crippen LogP contribution in [0.3, 0.4) is 0 Å². The summed E-state index contributed by atoms with van der Waals surface area (Å²) in [4.78, 5) is 51.7. The number of hydrogen-bond donors (Lipinski definition) is 3. The summed E-state index contributed by atoms with van der Waals surface area (Å²) in [6.07, 6.45) is 16.4. The van der Waals surface area contributed by atoms with Crippen molar-refractivity contribution in [1.29, 1.82) is 0 Å². The Labute approximate surface area is 484 Å². The minimum absolute atomic E-state index is 0. The van der Waals surface area contributed by atoms with Crippen molar-refractivity contribution in [3.05, 3.63) is 116 Å². The second-order valence-electron chi connectivity index (χ2n) is 25.7. The Bertz CT molecular complexity index is 3310. The Balaban J connectivity index is 0.000000152. The number of nitrogens with one attached hydrogen (secondary N) is 1. The van der Waals surface area contributed by atoms with Crippen LogP contribution in [0, 0.1) is 60.2 Å². The quantitative estimate of drug-likeness (QED) is 0.0983. The van der Waals surface area contributed by atoms with Gasteiger partial charge in [0, 0.05) is 44.6 Å². The monoisotopic (exact) mass is 1120 g/mol. The third-order valence-corrected chi connectivity index (χ3v) is 20.7. The van der Waals surface area contributed by atoms with Crippen molar-refractivity contribution in [3.63, 3.8) is 0 Å².